The van der Waals surface area contributed by atoms with Crippen LogP contribution in [0.5, 0.6) is 0 Å². The second-order valence-electron chi connectivity index (χ2n) is 8.23. The van der Waals surface area contributed by atoms with Gasteiger partial charge < -0.3 is 0 Å². The molecular formula is C23H24Hf. The van der Waals surface area contributed by atoms with Crippen LogP contribution in [-0.4, -0.2) is 0 Å². The Hall–Kier alpha value is -1.21. The molecule has 0 amide bonds. The predicted molar refractivity (Wildman–Crippen MR) is 100 cm³/mol. The van der Waals surface area contributed by atoms with Crippen LogP contribution in [0.15, 0.2) is 48.6 Å². The number of allylic oxidation sites excluding steroid dienone is 2. The van der Waals surface area contributed by atoms with Gasteiger partial charge in [0.15, 0.2) is 0 Å². The molecule has 0 radical (unpaired) electrons. The fourth-order valence-electron chi connectivity index (χ4n) is 5.12. The Kier molecular flexibility index (Phi) is 3.39. The number of hydrogen-bond donors (Lipinski definition) is 0. The third-order valence-corrected chi connectivity index (χ3v) is 21.6. The molecule has 0 fully saturated rings. The first-order chi connectivity index (χ1) is 11.6. The number of fused-ring (bicyclic) bond motifs is 3. The molecule has 0 nitrogen and oxygen atoms in total. The van der Waals surface area contributed by atoms with Gasteiger partial charge in [0, 0.05) is 0 Å². The molecule has 0 aliphatic heterocycles. The zero-order chi connectivity index (χ0) is 16.3. The minimum atomic E-state index is -2.58. The van der Waals surface area contributed by atoms with E-state index in [4.69, 9.17) is 0 Å². The van der Waals surface area contributed by atoms with Crippen molar-refractivity contribution >= 4 is 12.2 Å². The number of aryl methyl sites for hydroxylation is 2. The van der Waals surface area contributed by atoms with Gasteiger partial charge in [0.25, 0.3) is 0 Å². The van der Waals surface area contributed by atoms with E-state index in [1.807, 2.05) is 0 Å². The molecule has 0 saturated carbocycles. The number of rotatable bonds is 2. The first-order valence-corrected chi connectivity index (χ1v) is 20.6. The predicted octanol–water partition coefficient (Wildman–Crippen LogP) is 6.26. The van der Waals surface area contributed by atoms with Gasteiger partial charge >= 0.3 is 150 Å². The molecule has 24 heavy (non-hydrogen) atoms. The van der Waals surface area contributed by atoms with Gasteiger partial charge in [0.1, 0.15) is 0 Å². The van der Waals surface area contributed by atoms with Gasteiger partial charge in [-0.05, 0) is 0 Å². The standard InChI is InChI=1S/C12H11.C9H7.2CH3.Hf/c1-3-9-7-11-5-2-6-12(11)8-10(9)4-1;1-2-5-9-7-3-6-8(9)4-1;;;/h1,3-4,7-8H,2,5-6H2;1-7H;2*1H3;. The summed E-state index contributed by atoms with van der Waals surface area (Å²) in [4.78, 5) is 0. The summed E-state index contributed by atoms with van der Waals surface area (Å²) in [5.74, 6) is 0. The molecule has 0 saturated heterocycles. The molecular weight excluding hydrogens is 455 g/mol. The molecule has 2 atom stereocenters. The first-order valence-electron chi connectivity index (χ1n) is 9.25. The summed E-state index contributed by atoms with van der Waals surface area (Å²) < 4.78 is 6.77. The minimum absolute atomic E-state index is 0.711. The van der Waals surface area contributed by atoms with Crippen molar-refractivity contribution in [3.8, 4) is 0 Å². The monoisotopic (exact) mass is 480 g/mol. The van der Waals surface area contributed by atoms with E-state index in [1.54, 1.807) is 22.3 Å². The van der Waals surface area contributed by atoms with Crippen molar-refractivity contribution in [2.24, 2.45) is 0 Å². The summed E-state index contributed by atoms with van der Waals surface area (Å²) in [6.45, 7) is 0. The number of hydrogen-bond acceptors (Lipinski definition) is 0. The van der Waals surface area contributed by atoms with E-state index >= 15 is 0 Å². The van der Waals surface area contributed by atoms with Crippen molar-refractivity contribution in [1.82, 2.24) is 0 Å². The molecule has 0 aromatic heterocycles. The molecule has 3 aliphatic carbocycles. The van der Waals surface area contributed by atoms with Crippen LogP contribution in [0.1, 0.15) is 47.2 Å². The van der Waals surface area contributed by atoms with E-state index in [0.29, 0.717) is 3.67 Å². The second kappa shape index (κ2) is 5.39. The molecule has 120 valence electrons. The molecule has 0 bridgehead atoms. The van der Waals surface area contributed by atoms with Crippen LogP contribution >= 0.6 is 0 Å². The maximum absolute atomic E-state index is 2.67. The normalized spacial score (nSPS) is 23.4. The van der Waals surface area contributed by atoms with Gasteiger partial charge in [0.2, 0.25) is 0 Å². The van der Waals surface area contributed by atoms with Crippen LogP contribution in [0, 0.1) is 0 Å². The second-order valence-corrected chi connectivity index (χ2v) is 25.8. The summed E-state index contributed by atoms with van der Waals surface area (Å²) in [7, 11) is 0. The molecule has 0 heterocycles. The van der Waals surface area contributed by atoms with Gasteiger partial charge in [-0.1, -0.05) is 0 Å². The quantitative estimate of drug-likeness (QED) is 0.447. The molecule has 0 spiro atoms. The Balaban J connectivity index is 1.57. The fraction of sp³-hybridized carbons (Fsp3) is 0.304. The van der Waals surface area contributed by atoms with Gasteiger partial charge in [0.05, 0.1) is 0 Å². The zero-order valence-corrected chi connectivity index (χ0v) is 18.1. The molecule has 2 aromatic carbocycles. The van der Waals surface area contributed by atoms with E-state index in [1.165, 1.54) is 30.4 Å². The first kappa shape index (κ1) is 15.1. The average molecular weight is 479 g/mol. The summed E-state index contributed by atoms with van der Waals surface area (Å²) in [6.07, 6.45) is 13.8. The molecule has 5 rings (SSSR count). The van der Waals surface area contributed by atoms with Crippen LogP contribution in [0.25, 0.3) is 12.2 Å². The Morgan fingerprint density at radius 1 is 0.792 bits per heavy atom. The van der Waals surface area contributed by atoms with Crippen LogP contribution < -0.4 is 0 Å². The summed E-state index contributed by atoms with van der Waals surface area (Å²) in [5.41, 5.74) is 9.46. The van der Waals surface area contributed by atoms with Crippen molar-refractivity contribution in [3.05, 3.63) is 81.9 Å². The van der Waals surface area contributed by atoms with Crippen molar-refractivity contribution in [2.75, 3.05) is 0 Å². The molecule has 0 N–H and O–H groups in total. The van der Waals surface area contributed by atoms with Gasteiger partial charge in [-0.3, -0.25) is 0 Å². The molecule has 2 unspecified atom stereocenters. The maximum atomic E-state index is 2.67. The van der Waals surface area contributed by atoms with Crippen molar-refractivity contribution in [2.45, 2.75) is 36.0 Å². The van der Waals surface area contributed by atoms with Crippen molar-refractivity contribution in [1.29, 1.82) is 0 Å². The summed E-state index contributed by atoms with van der Waals surface area (Å²) >= 11 is -2.58. The van der Waals surface area contributed by atoms with E-state index in [2.05, 4.69) is 70.1 Å². The van der Waals surface area contributed by atoms with Crippen LogP contribution in [0.2, 0.25) is 9.36 Å². The van der Waals surface area contributed by atoms with Gasteiger partial charge in [-0.25, -0.2) is 0 Å². The van der Waals surface area contributed by atoms with Crippen LogP contribution in [0.4, 0.5) is 0 Å². The van der Waals surface area contributed by atoms with Crippen LogP contribution in [0.3, 0.4) is 0 Å². The van der Waals surface area contributed by atoms with E-state index in [9.17, 15) is 0 Å². The van der Waals surface area contributed by atoms with Crippen molar-refractivity contribution in [3.63, 3.8) is 0 Å². The van der Waals surface area contributed by atoms with Crippen LogP contribution in [-0.2, 0) is 32.8 Å². The third-order valence-electron chi connectivity index (χ3n) is 6.50. The fourth-order valence-corrected chi connectivity index (χ4v) is 18.4. The average Bonchev–Trinajstić information content (AvgIpc) is 3.29. The zero-order valence-electron chi connectivity index (χ0n) is 14.5. The molecule has 1 heteroatoms. The number of benzene rings is 2. The molecule has 2 aromatic rings. The van der Waals surface area contributed by atoms with E-state index < -0.39 is 20.0 Å². The Labute approximate surface area is 149 Å². The van der Waals surface area contributed by atoms with Gasteiger partial charge in [-0.2, -0.15) is 0 Å². The third kappa shape index (κ3) is 2.13. The Morgan fingerprint density at radius 2 is 1.46 bits per heavy atom. The van der Waals surface area contributed by atoms with Gasteiger partial charge in [-0.15, -0.1) is 0 Å². The summed E-state index contributed by atoms with van der Waals surface area (Å²) in [6, 6.07) is 14.1. The Morgan fingerprint density at radius 3 is 2.29 bits per heavy atom. The van der Waals surface area contributed by atoms with E-state index in [0.717, 1.165) is 3.67 Å². The van der Waals surface area contributed by atoms with E-state index in [-0.39, 0.29) is 0 Å². The Bertz CT molecular complexity index is 885. The summed E-state index contributed by atoms with van der Waals surface area (Å²) in [5, 5.41) is 0. The molecule has 3 aliphatic rings. The topological polar surface area (TPSA) is 0 Å². The SMILES string of the molecule is [CH3][Hf]([CH3])([CH]1C=Cc2ccccc21)[CH]1C=Cc2cc3c(cc21)CCC3. The van der Waals surface area contributed by atoms with Crippen molar-refractivity contribution < 1.29 is 20.0 Å².